The van der Waals surface area contributed by atoms with Gasteiger partial charge in [0.2, 0.25) is 0 Å². The van der Waals surface area contributed by atoms with E-state index >= 15 is 0 Å². The minimum Gasteiger partial charge on any atom is -0.456 e. The SMILES string of the molecule is N#Cc1ccccc1N(c1ccc2oc3ccccc3c2c1)c1ccc2ccc3c(N(c4ccc5oc6ccccc6c5c4)c4ccccc4C#N)ccc4ccc1c2c43. The van der Waals surface area contributed by atoms with E-state index in [0.717, 1.165) is 110 Å². The molecule has 0 amide bonds. The van der Waals surface area contributed by atoms with Gasteiger partial charge in [0.25, 0.3) is 0 Å². The van der Waals surface area contributed by atoms with E-state index in [0.29, 0.717) is 11.1 Å². The average molecular weight is 767 g/mol. The molecule has 2 aromatic heterocycles. The highest BCUT2D eigenvalue weighted by molar-refractivity contribution is 6.28. The lowest BCUT2D eigenvalue weighted by molar-refractivity contribution is 0.668. The molecule has 10 aromatic carbocycles. The van der Waals surface area contributed by atoms with Crippen LogP contribution in [0.2, 0.25) is 0 Å². The Kier molecular flexibility index (Phi) is 7.26. The van der Waals surface area contributed by atoms with Crippen molar-refractivity contribution in [1.82, 2.24) is 0 Å². The molecule has 0 unspecified atom stereocenters. The van der Waals surface area contributed by atoms with Gasteiger partial charge in [-0.05, 0) is 106 Å². The molecule has 0 aliphatic rings. The number of anilines is 6. The van der Waals surface area contributed by atoms with Gasteiger partial charge < -0.3 is 18.6 Å². The molecule has 0 bridgehead atoms. The second kappa shape index (κ2) is 13.0. The van der Waals surface area contributed by atoms with Crippen molar-refractivity contribution in [2.75, 3.05) is 9.80 Å². The molecular formula is C54H30N4O2. The third kappa shape index (κ3) is 4.92. The molecule has 12 rings (SSSR count). The lowest BCUT2D eigenvalue weighted by atomic mass is 9.91. The van der Waals surface area contributed by atoms with E-state index < -0.39 is 0 Å². The Morgan fingerprint density at radius 3 is 1.20 bits per heavy atom. The number of hydrogen-bond acceptors (Lipinski definition) is 6. The second-order valence-corrected chi connectivity index (χ2v) is 15.1. The van der Waals surface area contributed by atoms with Crippen LogP contribution < -0.4 is 9.80 Å². The van der Waals surface area contributed by atoms with E-state index in [1.807, 2.05) is 97.1 Å². The highest BCUT2D eigenvalue weighted by Gasteiger charge is 2.25. The molecule has 0 radical (unpaired) electrons. The Morgan fingerprint density at radius 1 is 0.333 bits per heavy atom. The Labute approximate surface area is 343 Å². The van der Waals surface area contributed by atoms with Gasteiger partial charge in [0.05, 0.1) is 33.9 Å². The topological polar surface area (TPSA) is 80.3 Å². The van der Waals surface area contributed by atoms with Crippen LogP contribution in [0.15, 0.2) is 191 Å². The first-order chi connectivity index (χ1) is 29.7. The van der Waals surface area contributed by atoms with Crippen LogP contribution in [-0.2, 0) is 0 Å². The second-order valence-electron chi connectivity index (χ2n) is 15.1. The zero-order chi connectivity index (χ0) is 39.9. The number of para-hydroxylation sites is 4. The Balaban J connectivity index is 1.12. The molecule has 0 aliphatic heterocycles. The van der Waals surface area contributed by atoms with Crippen molar-refractivity contribution in [1.29, 1.82) is 10.5 Å². The first kappa shape index (κ1) is 33.5. The third-order valence-electron chi connectivity index (χ3n) is 11.9. The standard InChI is InChI=1S/C54H30N4O2/c55-31-35-9-1-5-13-45(35)57(37-21-27-51-43(29-37)39-11-3-7-15-49(39)59-51)47-25-19-33-18-24-42-48(26-20-34-17-23-41(47)53(33)54(34)42)58(46-14-6-2-10-36(46)32-56)38-22-28-52-44(30-38)40-12-4-8-16-50(40)60-52/h1-30H. The van der Waals surface area contributed by atoms with E-state index in [9.17, 15) is 10.5 Å². The Bertz CT molecular complexity index is 3540. The molecule has 12 aromatic rings. The zero-order valence-corrected chi connectivity index (χ0v) is 31.9. The normalized spacial score (nSPS) is 11.6. The summed E-state index contributed by atoms with van der Waals surface area (Å²) in [7, 11) is 0. The maximum absolute atomic E-state index is 10.5. The quantitative estimate of drug-likeness (QED) is 0.157. The molecule has 6 nitrogen and oxygen atoms in total. The number of fused-ring (bicyclic) bond motifs is 6. The molecule has 0 fully saturated rings. The monoisotopic (exact) mass is 766 g/mol. The van der Waals surface area contributed by atoms with Gasteiger partial charge in [0.15, 0.2) is 0 Å². The number of hydrogen-bond donors (Lipinski definition) is 0. The van der Waals surface area contributed by atoms with Crippen LogP contribution in [-0.4, -0.2) is 0 Å². The predicted molar refractivity (Wildman–Crippen MR) is 243 cm³/mol. The molecule has 0 atom stereocenters. The molecule has 278 valence electrons. The fourth-order valence-corrected chi connectivity index (χ4v) is 9.21. The van der Waals surface area contributed by atoms with E-state index in [-0.39, 0.29) is 0 Å². The lowest BCUT2D eigenvalue weighted by Gasteiger charge is -2.30. The van der Waals surface area contributed by atoms with Crippen molar-refractivity contribution in [3.63, 3.8) is 0 Å². The first-order valence-corrected chi connectivity index (χ1v) is 19.8. The van der Waals surface area contributed by atoms with Crippen molar-refractivity contribution < 1.29 is 8.83 Å². The van der Waals surface area contributed by atoms with Crippen LogP contribution in [0.4, 0.5) is 34.1 Å². The molecule has 60 heavy (non-hydrogen) atoms. The molecule has 6 heteroatoms. The summed E-state index contributed by atoms with van der Waals surface area (Å²) >= 11 is 0. The van der Waals surface area contributed by atoms with E-state index in [2.05, 4.69) is 107 Å². The van der Waals surface area contributed by atoms with Gasteiger partial charge in [-0.2, -0.15) is 10.5 Å². The van der Waals surface area contributed by atoms with Crippen LogP contribution >= 0.6 is 0 Å². The summed E-state index contributed by atoms with van der Waals surface area (Å²) in [6, 6.07) is 66.6. The van der Waals surface area contributed by atoms with Crippen LogP contribution in [0, 0.1) is 22.7 Å². The van der Waals surface area contributed by atoms with Gasteiger partial charge in [-0.1, -0.05) is 97.1 Å². The highest BCUT2D eigenvalue weighted by atomic mass is 16.3. The van der Waals surface area contributed by atoms with Gasteiger partial charge in [0.1, 0.15) is 34.5 Å². The van der Waals surface area contributed by atoms with Crippen molar-refractivity contribution in [2.24, 2.45) is 0 Å². The van der Waals surface area contributed by atoms with E-state index in [4.69, 9.17) is 8.83 Å². The maximum atomic E-state index is 10.5. The summed E-state index contributed by atoms with van der Waals surface area (Å²) in [5, 5.41) is 31.5. The average Bonchev–Trinajstić information content (AvgIpc) is 3.87. The first-order valence-electron chi connectivity index (χ1n) is 19.8. The number of furan rings is 2. The summed E-state index contributed by atoms with van der Waals surface area (Å²) in [6.07, 6.45) is 0. The lowest BCUT2D eigenvalue weighted by Crippen LogP contribution is -2.13. The van der Waals surface area contributed by atoms with Crippen LogP contribution in [0.5, 0.6) is 0 Å². The number of nitrogens with zero attached hydrogens (tertiary/aromatic N) is 4. The molecule has 0 aliphatic carbocycles. The summed E-state index contributed by atoms with van der Waals surface area (Å²) in [5.74, 6) is 0. The predicted octanol–water partition coefficient (Wildman–Crippen LogP) is 15.1. The minimum absolute atomic E-state index is 0.566. The molecule has 0 saturated carbocycles. The van der Waals surface area contributed by atoms with Gasteiger partial charge in [0, 0.05) is 43.7 Å². The minimum atomic E-state index is 0.566. The smallest absolute Gasteiger partial charge is 0.135 e. The van der Waals surface area contributed by atoms with Crippen molar-refractivity contribution >= 4 is 110 Å². The van der Waals surface area contributed by atoms with E-state index in [1.54, 1.807) is 0 Å². The summed E-state index contributed by atoms with van der Waals surface area (Å²) in [5.41, 5.74) is 9.68. The summed E-state index contributed by atoms with van der Waals surface area (Å²) in [6.45, 7) is 0. The Morgan fingerprint density at radius 2 is 0.733 bits per heavy atom. The molecule has 0 spiro atoms. The van der Waals surface area contributed by atoms with Crippen LogP contribution in [0.25, 0.3) is 76.2 Å². The fraction of sp³-hybridized carbons (Fsp3) is 0. The van der Waals surface area contributed by atoms with Gasteiger partial charge in [-0.25, -0.2) is 0 Å². The molecule has 0 N–H and O–H groups in total. The maximum Gasteiger partial charge on any atom is 0.135 e. The highest BCUT2D eigenvalue weighted by Crippen LogP contribution is 2.49. The number of nitriles is 2. The van der Waals surface area contributed by atoms with Gasteiger partial charge in [-0.15, -0.1) is 0 Å². The zero-order valence-electron chi connectivity index (χ0n) is 31.9. The van der Waals surface area contributed by atoms with Crippen molar-refractivity contribution in [3.8, 4) is 12.1 Å². The number of benzene rings is 10. The van der Waals surface area contributed by atoms with Crippen molar-refractivity contribution in [3.05, 3.63) is 193 Å². The van der Waals surface area contributed by atoms with Gasteiger partial charge in [-0.3, -0.25) is 0 Å². The third-order valence-corrected chi connectivity index (χ3v) is 11.9. The number of rotatable bonds is 6. The molecular weight excluding hydrogens is 737 g/mol. The van der Waals surface area contributed by atoms with Gasteiger partial charge >= 0.3 is 0 Å². The fourth-order valence-electron chi connectivity index (χ4n) is 9.21. The summed E-state index contributed by atoms with van der Waals surface area (Å²) < 4.78 is 12.5. The molecule has 2 heterocycles. The summed E-state index contributed by atoms with van der Waals surface area (Å²) in [4.78, 5) is 4.40. The largest absolute Gasteiger partial charge is 0.456 e. The van der Waals surface area contributed by atoms with Crippen LogP contribution in [0.1, 0.15) is 11.1 Å². The van der Waals surface area contributed by atoms with E-state index in [1.165, 1.54) is 0 Å². The van der Waals surface area contributed by atoms with Crippen molar-refractivity contribution in [2.45, 2.75) is 0 Å². The Hall–Kier alpha value is -8.58. The molecule has 0 saturated heterocycles. The van der Waals surface area contributed by atoms with Crippen LogP contribution in [0.3, 0.4) is 0 Å².